The van der Waals surface area contributed by atoms with Gasteiger partial charge in [-0.15, -0.1) is 5.10 Å². The Hall–Kier alpha value is -4.50. The largest absolute Gasteiger partial charge is 0.458 e. The molecule has 202 valence electrons. The molecule has 4 aromatic rings. The summed E-state index contributed by atoms with van der Waals surface area (Å²) < 4.78 is 14.9. The van der Waals surface area contributed by atoms with Crippen molar-refractivity contribution in [2.45, 2.75) is 63.8 Å². The number of pyridine rings is 1. The van der Waals surface area contributed by atoms with Crippen molar-refractivity contribution in [2.24, 2.45) is 0 Å². The van der Waals surface area contributed by atoms with Gasteiger partial charge in [0.15, 0.2) is 11.9 Å². The summed E-state index contributed by atoms with van der Waals surface area (Å²) in [4.78, 5) is 28.2. The number of ether oxygens (including phenoxy) is 2. The van der Waals surface area contributed by atoms with Gasteiger partial charge in [0.2, 0.25) is 0 Å². The van der Waals surface area contributed by atoms with Crippen LogP contribution in [0.2, 0.25) is 0 Å². The van der Waals surface area contributed by atoms with Crippen LogP contribution in [0.1, 0.15) is 45.6 Å². The highest BCUT2D eigenvalue weighted by molar-refractivity contribution is 5.91. The minimum absolute atomic E-state index is 0.0739. The normalized spacial score (nSPS) is 19.5. The number of hydrogen-bond acceptors (Lipinski definition) is 9. The first kappa shape index (κ1) is 26.1. The van der Waals surface area contributed by atoms with Crippen molar-refractivity contribution in [3.63, 3.8) is 0 Å². The molecule has 4 heterocycles. The molecule has 1 fully saturated rings. The lowest BCUT2D eigenvalue weighted by molar-refractivity contribution is -0.176. The van der Waals surface area contributed by atoms with Crippen LogP contribution in [0.25, 0.3) is 10.9 Å². The number of aromatic amines is 1. The number of carbonyl (C=O) groups is 1. The van der Waals surface area contributed by atoms with Crippen LogP contribution >= 0.6 is 0 Å². The lowest BCUT2D eigenvalue weighted by atomic mass is 9.87. The highest BCUT2D eigenvalue weighted by Crippen LogP contribution is 2.37. The van der Waals surface area contributed by atoms with E-state index in [0.717, 1.165) is 11.3 Å². The van der Waals surface area contributed by atoms with Gasteiger partial charge in [-0.05, 0) is 57.4 Å². The van der Waals surface area contributed by atoms with E-state index in [0.29, 0.717) is 36.1 Å². The van der Waals surface area contributed by atoms with Gasteiger partial charge in [0.25, 0.3) is 5.56 Å². The molecule has 0 radical (unpaired) electrons. The number of anilines is 2. The summed E-state index contributed by atoms with van der Waals surface area (Å²) in [6, 6.07) is 11.7. The number of carbonyl (C=O) groups excluding carboxylic acids is 1. The Morgan fingerprint density at radius 3 is 2.74 bits per heavy atom. The van der Waals surface area contributed by atoms with E-state index < -0.39 is 23.2 Å². The molecule has 1 aromatic carbocycles. The smallest absolute Gasteiger partial charge is 0.335 e. The van der Waals surface area contributed by atoms with Gasteiger partial charge in [0.1, 0.15) is 11.0 Å². The zero-order valence-corrected chi connectivity index (χ0v) is 22.0. The summed E-state index contributed by atoms with van der Waals surface area (Å²) in [6.07, 6.45) is 5.14. The highest BCUT2D eigenvalue weighted by atomic mass is 16.6. The van der Waals surface area contributed by atoms with Crippen LogP contribution in [0.5, 0.6) is 0 Å². The third-order valence-corrected chi connectivity index (χ3v) is 6.59. The van der Waals surface area contributed by atoms with Crippen molar-refractivity contribution in [2.75, 3.05) is 11.9 Å². The van der Waals surface area contributed by atoms with E-state index in [1.165, 1.54) is 0 Å². The molecule has 0 amide bonds. The zero-order chi connectivity index (χ0) is 27.6. The van der Waals surface area contributed by atoms with Gasteiger partial charge < -0.3 is 19.8 Å². The number of rotatable bonds is 7. The van der Waals surface area contributed by atoms with Gasteiger partial charge in [0.05, 0.1) is 42.9 Å². The van der Waals surface area contributed by atoms with Crippen LogP contribution < -0.4 is 10.9 Å². The first-order chi connectivity index (χ1) is 18.7. The SMILES string of the molecule is CC(C)(C)OC(=O)[C@@H]1CC[C@@](CC#N)(n2nc(Nc3ccc(Cn4ccnn4)cc3)c3c(=O)[nH]ccc32)CO1. The van der Waals surface area contributed by atoms with E-state index in [9.17, 15) is 14.9 Å². The van der Waals surface area contributed by atoms with E-state index in [-0.39, 0.29) is 18.6 Å². The summed E-state index contributed by atoms with van der Waals surface area (Å²) in [5.41, 5.74) is 0.548. The highest BCUT2D eigenvalue weighted by Gasteiger charge is 2.43. The molecular formula is C27H30N8O4. The van der Waals surface area contributed by atoms with Crippen molar-refractivity contribution < 1.29 is 14.3 Å². The molecule has 12 heteroatoms. The first-order valence-electron chi connectivity index (χ1n) is 12.7. The molecule has 0 unspecified atom stereocenters. The van der Waals surface area contributed by atoms with Crippen molar-refractivity contribution >= 4 is 28.4 Å². The summed E-state index contributed by atoms with van der Waals surface area (Å²) in [5.74, 6) is -0.0631. The number of nitrogens with zero attached hydrogens (tertiary/aromatic N) is 6. The van der Waals surface area contributed by atoms with Gasteiger partial charge in [-0.25, -0.2) is 9.48 Å². The van der Waals surface area contributed by atoms with Crippen molar-refractivity contribution in [1.29, 1.82) is 5.26 Å². The monoisotopic (exact) mass is 530 g/mol. The average molecular weight is 531 g/mol. The quantitative estimate of drug-likeness (QED) is 0.343. The predicted molar refractivity (Wildman–Crippen MR) is 142 cm³/mol. The van der Waals surface area contributed by atoms with Crippen molar-refractivity contribution in [1.82, 2.24) is 29.8 Å². The van der Waals surface area contributed by atoms with E-state index in [1.54, 1.807) is 54.8 Å². The summed E-state index contributed by atoms with van der Waals surface area (Å²) in [5, 5.41) is 26.0. The standard InChI is InChI=1S/C27H30N8O4/c1-26(2,3)39-25(37)21-8-10-27(11-12-28,17-38-21)35-20-9-13-29-24(36)22(20)23(32-35)31-19-6-4-18(5-7-19)16-34-15-14-30-33-34/h4-7,9,13-15,21H,8,10-11,16-17H2,1-3H3,(H,29,36)(H,31,32)/t21-,27-/m0/s1. The number of nitrogens with one attached hydrogen (secondary N) is 2. The second kappa shape index (κ2) is 10.3. The molecule has 3 aromatic heterocycles. The molecule has 0 saturated carbocycles. The molecule has 0 bridgehead atoms. The number of esters is 1. The second-order valence-corrected chi connectivity index (χ2v) is 10.7. The Morgan fingerprint density at radius 2 is 2.10 bits per heavy atom. The molecule has 2 N–H and O–H groups in total. The molecule has 1 aliphatic rings. The number of hydrogen-bond donors (Lipinski definition) is 2. The Morgan fingerprint density at radius 1 is 1.31 bits per heavy atom. The van der Waals surface area contributed by atoms with Gasteiger partial charge >= 0.3 is 5.97 Å². The maximum atomic E-state index is 12.9. The van der Waals surface area contributed by atoms with Gasteiger partial charge in [-0.3, -0.25) is 9.48 Å². The maximum Gasteiger partial charge on any atom is 0.335 e. The molecule has 12 nitrogen and oxygen atoms in total. The van der Waals surface area contributed by atoms with E-state index in [4.69, 9.17) is 14.6 Å². The number of fused-ring (bicyclic) bond motifs is 1. The lowest BCUT2D eigenvalue weighted by Crippen LogP contribution is -2.47. The molecule has 5 rings (SSSR count). The van der Waals surface area contributed by atoms with Gasteiger partial charge in [-0.1, -0.05) is 17.3 Å². The topological polar surface area (TPSA) is 153 Å². The molecule has 2 atom stereocenters. The minimum Gasteiger partial charge on any atom is -0.458 e. The maximum absolute atomic E-state index is 12.9. The summed E-state index contributed by atoms with van der Waals surface area (Å²) in [6.45, 7) is 6.07. The van der Waals surface area contributed by atoms with Crippen LogP contribution in [0.3, 0.4) is 0 Å². The summed E-state index contributed by atoms with van der Waals surface area (Å²) in [7, 11) is 0. The summed E-state index contributed by atoms with van der Waals surface area (Å²) >= 11 is 0. The Balaban J connectivity index is 1.43. The molecule has 0 aliphatic carbocycles. The van der Waals surface area contributed by atoms with Crippen LogP contribution in [-0.2, 0) is 26.4 Å². The Labute approximate surface area is 224 Å². The average Bonchev–Trinajstić information content (AvgIpc) is 3.54. The van der Waals surface area contributed by atoms with Crippen molar-refractivity contribution in [3.05, 3.63) is 64.8 Å². The van der Waals surface area contributed by atoms with Gasteiger partial charge in [-0.2, -0.15) is 10.4 Å². The third-order valence-electron chi connectivity index (χ3n) is 6.59. The van der Waals surface area contributed by atoms with Crippen LogP contribution in [0.4, 0.5) is 11.5 Å². The fraction of sp³-hybridized carbons (Fsp3) is 0.407. The number of nitriles is 1. The zero-order valence-electron chi connectivity index (χ0n) is 22.0. The van der Waals surface area contributed by atoms with Crippen LogP contribution in [0.15, 0.2) is 53.7 Å². The number of aromatic nitrogens is 6. The first-order valence-corrected chi connectivity index (χ1v) is 12.7. The van der Waals surface area contributed by atoms with Crippen LogP contribution in [0, 0.1) is 11.3 Å². The van der Waals surface area contributed by atoms with E-state index >= 15 is 0 Å². The number of benzene rings is 1. The molecule has 39 heavy (non-hydrogen) atoms. The van der Waals surface area contributed by atoms with E-state index in [2.05, 4.69) is 26.7 Å². The molecule has 1 aliphatic heterocycles. The Kier molecular flexibility index (Phi) is 6.93. The van der Waals surface area contributed by atoms with Gasteiger partial charge in [0, 0.05) is 18.1 Å². The van der Waals surface area contributed by atoms with Crippen molar-refractivity contribution in [3.8, 4) is 6.07 Å². The van der Waals surface area contributed by atoms with E-state index in [1.807, 2.05) is 24.3 Å². The number of H-pyrrole nitrogens is 1. The molecular weight excluding hydrogens is 500 g/mol. The second-order valence-electron chi connectivity index (χ2n) is 10.7. The fourth-order valence-electron chi connectivity index (χ4n) is 4.75. The lowest BCUT2D eigenvalue weighted by Gasteiger charge is -2.39. The van der Waals surface area contributed by atoms with Crippen LogP contribution in [-0.4, -0.2) is 54.0 Å². The fourth-order valence-corrected chi connectivity index (χ4v) is 4.75. The minimum atomic E-state index is -0.860. The molecule has 1 saturated heterocycles. The molecule has 0 spiro atoms. The Bertz CT molecular complexity index is 1550. The predicted octanol–water partition coefficient (Wildman–Crippen LogP) is 3.24. The third kappa shape index (κ3) is 5.53.